The molecule has 0 aliphatic carbocycles. The zero-order chi connectivity index (χ0) is 37.8. The van der Waals surface area contributed by atoms with E-state index in [1.165, 1.54) is 34.9 Å². The Kier molecular flexibility index (Phi) is 14.8. The fourth-order valence-electron chi connectivity index (χ4n) is 5.68. The molecule has 16 heteroatoms. The van der Waals surface area contributed by atoms with Crippen LogP contribution in [0.5, 0.6) is 0 Å². The number of nitrogens with zero attached hydrogens (tertiary/aromatic N) is 2. The quantitative estimate of drug-likeness (QED) is 0.202. The SMILES string of the molecule is CC[C@@H]1NC(=O)[C@@H](C)NC(=O)c2csc(n2)[C@H](C(C)C)NC(=O)CN(C(=O)c2ccc[nH]2)C[C@H](Cc2ccccc2)NC(=O)[C@H](CCSC)NC1=O. The van der Waals surface area contributed by atoms with Gasteiger partial charge in [-0.1, -0.05) is 51.1 Å². The average Bonchev–Trinajstić information content (AvgIpc) is 3.84. The molecule has 14 nitrogen and oxygen atoms in total. The van der Waals surface area contributed by atoms with E-state index in [4.69, 9.17) is 0 Å². The normalized spacial score (nSPS) is 22.8. The molecule has 6 amide bonds. The van der Waals surface area contributed by atoms with Gasteiger partial charge in [0.15, 0.2) is 0 Å². The number of hydrogen-bond acceptors (Lipinski definition) is 9. The van der Waals surface area contributed by atoms with Gasteiger partial charge >= 0.3 is 0 Å². The number of rotatable bonds is 8. The highest BCUT2D eigenvalue weighted by molar-refractivity contribution is 7.98. The third-order valence-corrected chi connectivity index (χ3v) is 10.2. The zero-order valence-electron chi connectivity index (χ0n) is 30.1. The number of H-pyrrole nitrogens is 1. The van der Waals surface area contributed by atoms with Gasteiger partial charge in [-0.25, -0.2) is 4.98 Å². The number of carbonyl (C=O) groups is 6. The highest BCUT2D eigenvalue weighted by atomic mass is 32.2. The molecule has 3 aromatic rings. The number of carbonyl (C=O) groups excluding carboxylic acids is 6. The van der Waals surface area contributed by atoms with Crippen molar-refractivity contribution in [3.63, 3.8) is 0 Å². The summed E-state index contributed by atoms with van der Waals surface area (Å²) in [6.07, 6.45) is 4.36. The van der Waals surface area contributed by atoms with Crippen molar-refractivity contribution in [3.05, 3.63) is 76.0 Å². The number of amides is 6. The van der Waals surface area contributed by atoms with Crippen LogP contribution in [0.2, 0.25) is 0 Å². The average molecular weight is 753 g/mol. The number of nitrogens with one attached hydrogen (secondary N) is 6. The summed E-state index contributed by atoms with van der Waals surface area (Å²) in [5, 5.41) is 16.2. The number of aromatic nitrogens is 2. The second-order valence-corrected chi connectivity index (χ2v) is 14.9. The molecule has 1 aromatic carbocycles. The molecule has 4 rings (SSSR count). The first-order valence-corrected chi connectivity index (χ1v) is 19.6. The van der Waals surface area contributed by atoms with E-state index in [9.17, 15) is 28.8 Å². The molecular formula is C36H48N8O6S2. The largest absolute Gasteiger partial charge is 0.357 e. The molecule has 0 unspecified atom stereocenters. The number of aromatic amines is 1. The maximum Gasteiger partial charge on any atom is 0.271 e. The highest BCUT2D eigenvalue weighted by Gasteiger charge is 2.32. The van der Waals surface area contributed by atoms with E-state index in [-0.39, 0.29) is 36.8 Å². The van der Waals surface area contributed by atoms with E-state index in [0.717, 1.165) is 5.56 Å². The fraction of sp³-hybridized carbons (Fsp3) is 0.472. The summed E-state index contributed by atoms with van der Waals surface area (Å²) in [7, 11) is 0. The van der Waals surface area contributed by atoms with Gasteiger partial charge in [-0.15, -0.1) is 11.3 Å². The van der Waals surface area contributed by atoms with Gasteiger partial charge in [0, 0.05) is 18.1 Å². The predicted octanol–water partition coefficient (Wildman–Crippen LogP) is 2.42. The Morgan fingerprint density at radius 2 is 1.65 bits per heavy atom. The molecule has 3 heterocycles. The van der Waals surface area contributed by atoms with E-state index in [1.54, 1.807) is 30.6 Å². The lowest BCUT2D eigenvalue weighted by Gasteiger charge is -2.30. The minimum atomic E-state index is -1.01. The van der Waals surface area contributed by atoms with Crippen molar-refractivity contribution in [2.24, 2.45) is 5.92 Å². The summed E-state index contributed by atoms with van der Waals surface area (Å²) in [4.78, 5) is 90.3. The van der Waals surface area contributed by atoms with Crippen molar-refractivity contribution in [2.75, 3.05) is 25.1 Å². The van der Waals surface area contributed by atoms with Crippen molar-refractivity contribution in [3.8, 4) is 0 Å². The second-order valence-electron chi connectivity index (χ2n) is 13.0. The molecule has 5 atom stereocenters. The van der Waals surface area contributed by atoms with Crippen LogP contribution in [0, 0.1) is 5.92 Å². The van der Waals surface area contributed by atoms with E-state index in [0.29, 0.717) is 23.6 Å². The molecule has 0 radical (unpaired) electrons. The summed E-state index contributed by atoms with van der Waals surface area (Å²) in [6.45, 7) is 6.67. The first kappa shape index (κ1) is 40.1. The van der Waals surface area contributed by atoms with Crippen LogP contribution in [0.15, 0.2) is 54.0 Å². The molecule has 0 saturated carbocycles. The maximum atomic E-state index is 14.0. The van der Waals surface area contributed by atoms with Crippen LogP contribution < -0.4 is 26.6 Å². The Balaban J connectivity index is 1.74. The summed E-state index contributed by atoms with van der Waals surface area (Å²) in [5.41, 5.74) is 1.24. The molecule has 0 saturated heterocycles. The van der Waals surface area contributed by atoms with Crippen LogP contribution in [-0.2, 0) is 25.6 Å². The summed E-state index contributed by atoms with van der Waals surface area (Å²) in [6, 6.07) is 8.55. The Morgan fingerprint density at radius 1 is 0.942 bits per heavy atom. The van der Waals surface area contributed by atoms with Crippen molar-refractivity contribution in [1.29, 1.82) is 0 Å². The van der Waals surface area contributed by atoms with Gasteiger partial charge in [0.2, 0.25) is 23.6 Å². The minimum Gasteiger partial charge on any atom is -0.357 e. The number of fused-ring (bicyclic) bond motifs is 2. The van der Waals surface area contributed by atoms with Crippen LogP contribution in [0.3, 0.4) is 0 Å². The number of benzene rings is 1. The lowest BCUT2D eigenvalue weighted by atomic mass is 10.0. The Labute approximate surface area is 312 Å². The zero-order valence-corrected chi connectivity index (χ0v) is 31.7. The topological polar surface area (TPSA) is 194 Å². The third kappa shape index (κ3) is 11.1. The van der Waals surface area contributed by atoms with Gasteiger partial charge in [-0.3, -0.25) is 28.8 Å². The number of thioether (sulfide) groups is 1. The summed E-state index contributed by atoms with van der Waals surface area (Å²) in [5.74, 6) is -2.67. The molecular weight excluding hydrogens is 705 g/mol. The minimum absolute atomic E-state index is 0.0332. The second kappa shape index (κ2) is 19.2. The first-order valence-electron chi connectivity index (χ1n) is 17.3. The molecule has 0 fully saturated rings. The van der Waals surface area contributed by atoms with E-state index >= 15 is 0 Å². The van der Waals surface area contributed by atoms with Crippen molar-refractivity contribution in [2.45, 2.75) is 77.2 Å². The predicted molar refractivity (Wildman–Crippen MR) is 201 cm³/mol. The van der Waals surface area contributed by atoms with Gasteiger partial charge in [0.25, 0.3) is 11.8 Å². The van der Waals surface area contributed by atoms with Crippen LogP contribution in [0.1, 0.15) is 78.1 Å². The summed E-state index contributed by atoms with van der Waals surface area (Å²) < 4.78 is 0. The van der Waals surface area contributed by atoms with E-state index in [1.807, 2.05) is 50.4 Å². The van der Waals surface area contributed by atoms with Gasteiger partial charge in [-0.2, -0.15) is 11.8 Å². The molecule has 1 aliphatic rings. The van der Waals surface area contributed by atoms with Gasteiger partial charge < -0.3 is 36.5 Å². The van der Waals surface area contributed by atoms with E-state index in [2.05, 4.69) is 36.6 Å². The smallest absolute Gasteiger partial charge is 0.271 e. The van der Waals surface area contributed by atoms with Gasteiger partial charge in [0.05, 0.1) is 18.6 Å². The third-order valence-electron chi connectivity index (χ3n) is 8.59. The highest BCUT2D eigenvalue weighted by Crippen LogP contribution is 2.25. The Hall–Kier alpha value is -4.70. The van der Waals surface area contributed by atoms with Crippen molar-refractivity contribution < 1.29 is 28.8 Å². The molecule has 1 aliphatic heterocycles. The van der Waals surface area contributed by atoms with Gasteiger partial charge in [-0.05, 0) is 61.8 Å². The van der Waals surface area contributed by atoms with Crippen molar-refractivity contribution in [1.82, 2.24) is 41.5 Å². The Bertz CT molecular complexity index is 1680. The number of thiazole rings is 1. The van der Waals surface area contributed by atoms with Crippen LogP contribution in [0.25, 0.3) is 0 Å². The molecule has 280 valence electrons. The first-order chi connectivity index (χ1) is 24.9. The van der Waals surface area contributed by atoms with Gasteiger partial charge in [0.1, 0.15) is 34.5 Å². The molecule has 52 heavy (non-hydrogen) atoms. The monoisotopic (exact) mass is 752 g/mol. The standard InChI is InChI=1S/C36H48N8O6S2/c1-6-25-32(47)41-26(14-16-51-5)33(48)39-24(17-23-11-8-7-9-12-23)18-44(36(50)27-13-10-15-37-27)19-29(45)43-30(21(2)3)35-42-28(20-52-35)34(49)38-22(4)31(46)40-25/h7-13,15,20-22,24-26,30,37H,6,14,16-19H2,1-5H3,(H,38,49)(H,39,48)(H,40,46)(H,41,47)(H,43,45)/t22-,24+,25+,26+,30+/m1/s1. The molecule has 2 aromatic heterocycles. The number of hydrogen-bond donors (Lipinski definition) is 6. The lowest BCUT2D eigenvalue weighted by molar-refractivity contribution is -0.132. The molecule has 0 spiro atoms. The molecule has 2 bridgehead atoms. The maximum absolute atomic E-state index is 14.0. The van der Waals surface area contributed by atoms with Crippen LogP contribution >= 0.6 is 23.1 Å². The fourth-order valence-corrected chi connectivity index (χ4v) is 7.18. The van der Waals surface area contributed by atoms with E-state index < -0.39 is 65.7 Å². The molecule has 6 N–H and O–H groups in total. The van der Waals surface area contributed by atoms with Crippen LogP contribution in [-0.4, -0.2) is 99.6 Å². The lowest BCUT2D eigenvalue weighted by Crippen LogP contribution is -2.58. The van der Waals surface area contributed by atoms with Crippen molar-refractivity contribution >= 4 is 58.5 Å². The van der Waals surface area contributed by atoms with Crippen LogP contribution in [0.4, 0.5) is 0 Å². The summed E-state index contributed by atoms with van der Waals surface area (Å²) >= 11 is 2.70. The Morgan fingerprint density at radius 3 is 2.31 bits per heavy atom.